The topological polar surface area (TPSA) is 27.6 Å². The van der Waals surface area contributed by atoms with E-state index in [9.17, 15) is 0 Å². The lowest BCUT2D eigenvalue weighted by molar-refractivity contribution is 0.281. The van der Waals surface area contributed by atoms with Crippen molar-refractivity contribution in [3.63, 3.8) is 0 Å². The highest BCUT2D eigenvalue weighted by atomic mass is 32.2. The molecule has 2 atom stereocenters. The second-order valence-corrected chi connectivity index (χ2v) is 7.57. The van der Waals surface area contributed by atoms with Crippen molar-refractivity contribution < 1.29 is 0 Å². The van der Waals surface area contributed by atoms with Crippen molar-refractivity contribution in [2.24, 2.45) is 10.4 Å². The second kappa shape index (κ2) is 7.53. The Bertz CT molecular complexity index is 292. The van der Waals surface area contributed by atoms with Gasteiger partial charge in [-0.3, -0.25) is 4.99 Å². The molecular formula is C15H31N3S. The highest BCUT2D eigenvalue weighted by Gasteiger charge is 2.27. The molecule has 0 aromatic carbocycles. The van der Waals surface area contributed by atoms with E-state index in [1.807, 2.05) is 11.8 Å². The molecule has 1 N–H and O–H groups in total. The summed E-state index contributed by atoms with van der Waals surface area (Å²) in [5.74, 6) is 1.19. The Morgan fingerprint density at radius 3 is 2.53 bits per heavy atom. The molecule has 1 aliphatic heterocycles. The Balaban J connectivity index is 2.53. The largest absolute Gasteiger partial charge is 0.361 e. The number of nitrogens with zero attached hydrogens (tertiary/aromatic N) is 2. The maximum absolute atomic E-state index is 4.90. The van der Waals surface area contributed by atoms with E-state index in [1.165, 1.54) is 12.2 Å². The fourth-order valence-electron chi connectivity index (χ4n) is 2.34. The summed E-state index contributed by atoms with van der Waals surface area (Å²) in [5.41, 5.74) is 0.274. The van der Waals surface area contributed by atoms with Gasteiger partial charge in [-0.25, -0.2) is 0 Å². The summed E-state index contributed by atoms with van der Waals surface area (Å²) in [7, 11) is 0. The molecule has 0 bridgehead atoms. The molecule has 0 saturated heterocycles. The van der Waals surface area contributed by atoms with Gasteiger partial charge >= 0.3 is 0 Å². The van der Waals surface area contributed by atoms with Crippen LogP contribution in [0.1, 0.15) is 48.0 Å². The summed E-state index contributed by atoms with van der Waals surface area (Å²) < 4.78 is 0. The van der Waals surface area contributed by atoms with E-state index in [0.717, 1.165) is 24.8 Å². The molecule has 4 heteroatoms. The number of hydrogen-bond acceptors (Lipinski definition) is 4. The highest BCUT2D eigenvalue weighted by Crippen LogP contribution is 2.30. The minimum absolute atomic E-state index is 0.274. The van der Waals surface area contributed by atoms with Crippen molar-refractivity contribution in [2.45, 2.75) is 60.0 Å². The van der Waals surface area contributed by atoms with Crippen LogP contribution in [0.25, 0.3) is 0 Å². The summed E-state index contributed by atoms with van der Waals surface area (Å²) in [6.07, 6.45) is 1.20. The molecule has 0 aromatic heterocycles. The molecule has 0 aromatic rings. The first-order valence-corrected chi connectivity index (χ1v) is 8.54. The summed E-state index contributed by atoms with van der Waals surface area (Å²) >= 11 is 1.87. The van der Waals surface area contributed by atoms with E-state index in [1.54, 1.807) is 0 Å². The van der Waals surface area contributed by atoms with Crippen LogP contribution in [0.5, 0.6) is 0 Å². The molecule has 0 saturated carbocycles. The van der Waals surface area contributed by atoms with E-state index in [-0.39, 0.29) is 5.41 Å². The molecule has 1 heterocycles. The molecule has 0 amide bonds. The van der Waals surface area contributed by atoms with Gasteiger partial charge in [0.15, 0.2) is 5.17 Å². The average molecular weight is 286 g/mol. The van der Waals surface area contributed by atoms with Crippen LogP contribution in [-0.2, 0) is 0 Å². The fourth-order valence-corrected chi connectivity index (χ4v) is 3.36. The minimum Gasteiger partial charge on any atom is -0.361 e. The van der Waals surface area contributed by atoms with E-state index in [2.05, 4.69) is 51.8 Å². The van der Waals surface area contributed by atoms with Crippen molar-refractivity contribution in [1.29, 1.82) is 0 Å². The van der Waals surface area contributed by atoms with E-state index in [0.29, 0.717) is 12.1 Å². The predicted molar refractivity (Wildman–Crippen MR) is 88.1 cm³/mol. The number of thioether (sulfide) groups is 1. The Kier molecular flexibility index (Phi) is 6.67. The lowest BCUT2D eigenvalue weighted by atomic mass is 9.85. The number of rotatable bonds is 5. The third-order valence-corrected chi connectivity index (χ3v) is 4.64. The van der Waals surface area contributed by atoms with Crippen LogP contribution in [0.4, 0.5) is 0 Å². The quantitative estimate of drug-likeness (QED) is 0.840. The summed E-state index contributed by atoms with van der Waals surface area (Å²) in [6.45, 7) is 16.9. The molecule has 2 unspecified atom stereocenters. The van der Waals surface area contributed by atoms with Gasteiger partial charge in [0.05, 0.1) is 6.04 Å². The zero-order valence-corrected chi connectivity index (χ0v) is 14.3. The van der Waals surface area contributed by atoms with Crippen LogP contribution in [0.15, 0.2) is 4.99 Å². The number of likely N-dealkylation sites (N-methyl/N-ethyl adjacent to an activating group) is 1. The van der Waals surface area contributed by atoms with Crippen molar-refractivity contribution in [2.75, 3.05) is 25.4 Å². The molecule has 0 spiro atoms. The Morgan fingerprint density at radius 1 is 1.37 bits per heavy atom. The highest BCUT2D eigenvalue weighted by molar-refractivity contribution is 8.13. The Labute approximate surface area is 123 Å². The number of amidine groups is 1. The zero-order valence-electron chi connectivity index (χ0n) is 13.5. The predicted octanol–water partition coefficient (Wildman–Crippen LogP) is 3.21. The maximum Gasteiger partial charge on any atom is 0.157 e. The average Bonchev–Trinajstić information content (AvgIpc) is 2.35. The molecule has 19 heavy (non-hydrogen) atoms. The number of hydrogen-bond donors (Lipinski definition) is 1. The van der Waals surface area contributed by atoms with Crippen LogP contribution in [-0.4, -0.2) is 47.5 Å². The first-order chi connectivity index (χ1) is 8.86. The normalized spacial score (nSPS) is 22.3. The smallest absolute Gasteiger partial charge is 0.157 e. The van der Waals surface area contributed by atoms with Crippen LogP contribution >= 0.6 is 11.8 Å². The van der Waals surface area contributed by atoms with Gasteiger partial charge in [0, 0.05) is 18.3 Å². The van der Waals surface area contributed by atoms with E-state index in [4.69, 9.17) is 4.99 Å². The van der Waals surface area contributed by atoms with Crippen LogP contribution in [0.2, 0.25) is 0 Å². The van der Waals surface area contributed by atoms with Gasteiger partial charge in [0.1, 0.15) is 0 Å². The van der Waals surface area contributed by atoms with Gasteiger partial charge in [-0.2, -0.15) is 0 Å². The van der Waals surface area contributed by atoms with Gasteiger partial charge in [0.2, 0.25) is 0 Å². The molecule has 0 fully saturated rings. The zero-order chi connectivity index (χ0) is 14.5. The Hall–Kier alpha value is -0.220. The fraction of sp³-hybridized carbons (Fsp3) is 0.933. The molecule has 112 valence electrons. The molecular weight excluding hydrogens is 254 g/mol. The van der Waals surface area contributed by atoms with E-state index < -0.39 is 0 Å². The van der Waals surface area contributed by atoms with Gasteiger partial charge in [-0.15, -0.1) is 0 Å². The number of aliphatic imine (C=N–C) groups is 1. The van der Waals surface area contributed by atoms with Crippen molar-refractivity contribution >= 4 is 16.9 Å². The number of nitrogens with one attached hydrogen (secondary N) is 1. The third-order valence-electron chi connectivity index (χ3n) is 3.70. The van der Waals surface area contributed by atoms with E-state index >= 15 is 0 Å². The molecule has 0 aliphatic carbocycles. The molecule has 1 rings (SSSR count). The lowest BCUT2D eigenvalue weighted by Gasteiger charge is -2.32. The maximum atomic E-state index is 4.90. The van der Waals surface area contributed by atoms with Crippen molar-refractivity contribution in [1.82, 2.24) is 10.2 Å². The van der Waals surface area contributed by atoms with Gasteiger partial charge in [0.25, 0.3) is 0 Å². The third kappa shape index (κ3) is 5.74. The second-order valence-electron chi connectivity index (χ2n) is 6.48. The first-order valence-electron chi connectivity index (χ1n) is 7.56. The Morgan fingerprint density at radius 2 is 2.00 bits per heavy atom. The van der Waals surface area contributed by atoms with Crippen LogP contribution in [0, 0.1) is 5.41 Å². The van der Waals surface area contributed by atoms with Crippen molar-refractivity contribution in [3.8, 4) is 0 Å². The first kappa shape index (κ1) is 16.8. The van der Waals surface area contributed by atoms with Gasteiger partial charge in [-0.1, -0.05) is 46.4 Å². The monoisotopic (exact) mass is 285 g/mol. The van der Waals surface area contributed by atoms with Crippen molar-refractivity contribution in [3.05, 3.63) is 0 Å². The molecule has 3 nitrogen and oxygen atoms in total. The molecule has 1 aliphatic rings. The SMILES string of the molecule is CCN(CC)CC(C)NC1=NC(C(C)(C)C)CCS1. The molecule has 0 radical (unpaired) electrons. The van der Waals surface area contributed by atoms with Crippen LogP contribution < -0.4 is 5.32 Å². The standard InChI is InChI=1S/C15H31N3S/c1-7-18(8-2)11-12(3)16-14-17-13(9-10-19-14)15(4,5)6/h12-13H,7-11H2,1-6H3,(H,16,17). The van der Waals surface area contributed by atoms with Crippen LogP contribution in [0.3, 0.4) is 0 Å². The van der Waals surface area contributed by atoms with Gasteiger partial charge < -0.3 is 10.2 Å². The van der Waals surface area contributed by atoms with Gasteiger partial charge in [-0.05, 0) is 31.8 Å². The minimum atomic E-state index is 0.274. The summed E-state index contributed by atoms with van der Waals surface area (Å²) in [4.78, 5) is 7.35. The summed E-state index contributed by atoms with van der Waals surface area (Å²) in [5, 5.41) is 4.74. The lowest BCUT2D eigenvalue weighted by Crippen LogP contribution is -2.43. The summed E-state index contributed by atoms with van der Waals surface area (Å²) in [6, 6.07) is 0.918.